The third-order valence-electron chi connectivity index (χ3n) is 3.64. The van der Waals surface area contributed by atoms with Crippen LogP contribution in [0.3, 0.4) is 0 Å². The maximum Gasteiger partial charge on any atom is 0.136 e. The van der Waals surface area contributed by atoms with Crippen LogP contribution in [0.25, 0.3) is 0 Å². The molecule has 1 aromatic rings. The molecule has 0 spiro atoms. The van der Waals surface area contributed by atoms with Gasteiger partial charge in [0.2, 0.25) is 0 Å². The molecule has 0 amide bonds. The summed E-state index contributed by atoms with van der Waals surface area (Å²) in [4.78, 5) is 11.2. The molecule has 1 aliphatic carbocycles. The molecule has 1 saturated carbocycles. The molecule has 1 aromatic carbocycles. The van der Waals surface area contributed by atoms with Gasteiger partial charge in [-0.3, -0.25) is 4.79 Å². The fourth-order valence-electron chi connectivity index (χ4n) is 2.46. The van der Waals surface area contributed by atoms with Gasteiger partial charge in [-0.25, -0.2) is 0 Å². The van der Waals surface area contributed by atoms with E-state index in [1.807, 2.05) is 31.2 Å². The van der Waals surface area contributed by atoms with Crippen molar-refractivity contribution in [1.29, 1.82) is 0 Å². The van der Waals surface area contributed by atoms with Crippen LogP contribution in [0.15, 0.2) is 30.4 Å². The number of carbonyl (C=O) groups is 1. The van der Waals surface area contributed by atoms with E-state index in [9.17, 15) is 15.0 Å². The lowest BCUT2D eigenvalue weighted by Crippen LogP contribution is -2.09. The highest BCUT2D eigenvalue weighted by atomic mass is 16.3. The zero-order chi connectivity index (χ0) is 13.8. The number of allylic oxidation sites excluding steroid dienone is 1. The van der Waals surface area contributed by atoms with Crippen molar-refractivity contribution in [3.8, 4) is 5.75 Å². The Morgan fingerprint density at radius 2 is 2.16 bits per heavy atom. The van der Waals surface area contributed by atoms with Gasteiger partial charge in [0.15, 0.2) is 0 Å². The third kappa shape index (κ3) is 3.67. The summed E-state index contributed by atoms with van der Waals surface area (Å²) in [6, 6.07) is 5.62. The summed E-state index contributed by atoms with van der Waals surface area (Å²) in [5, 5.41) is 19.1. The lowest BCUT2D eigenvalue weighted by Gasteiger charge is -2.07. The highest BCUT2D eigenvalue weighted by Crippen LogP contribution is 2.24. The number of carbonyl (C=O) groups excluding carboxylic acids is 1. The number of hydrogen-bond acceptors (Lipinski definition) is 3. The van der Waals surface area contributed by atoms with Crippen LogP contribution in [-0.2, 0) is 11.2 Å². The number of aromatic hydroxyl groups is 1. The van der Waals surface area contributed by atoms with Crippen molar-refractivity contribution < 1.29 is 15.0 Å². The van der Waals surface area contributed by atoms with Gasteiger partial charge in [0.05, 0.1) is 6.10 Å². The van der Waals surface area contributed by atoms with Gasteiger partial charge in [-0.1, -0.05) is 24.3 Å². The Labute approximate surface area is 113 Å². The third-order valence-corrected chi connectivity index (χ3v) is 3.64. The molecule has 2 N–H and O–H groups in total. The van der Waals surface area contributed by atoms with Gasteiger partial charge in [-0.05, 0) is 37.0 Å². The highest BCUT2D eigenvalue weighted by Gasteiger charge is 2.28. The van der Waals surface area contributed by atoms with E-state index in [2.05, 4.69) is 0 Å². The quantitative estimate of drug-likeness (QED) is 0.818. The second-order valence-corrected chi connectivity index (χ2v) is 5.27. The summed E-state index contributed by atoms with van der Waals surface area (Å²) in [6.45, 7) is 1.88. The van der Waals surface area contributed by atoms with E-state index >= 15 is 0 Å². The molecule has 1 aliphatic rings. The Morgan fingerprint density at radius 3 is 2.79 bits per heavy atom. The Balaban J connectivity index is 1.83. The number of aliphatic hydroxyl groups is 1. The van der Waals surface area contributed by atoms with Crippen LogP contribution in [0, 0.1) is 12.8 Å². The monoisotopic (exact) mass is 260 g/mol. The van der Waals surface area contributed by atoms with Crippen LogP contribution >= 0.6 is 0 Å². The molecule has 0 bridgehead atoms. The van der Waals surface area contributed by atoms with Crippen LogP contribution in [0.5, 0.6) is 5.75 Å². The van der Waals surface area contributed by atoms with Gasteiger partial charge in [0, 0.05) is 18.8 Å². The van der Waals surface area contributed by atoms with E-state index < -0.39 is 6.10 Å². The summed E-state index contributed by atoms with van der Waals surface area (Å²) in [7, 11) is 0. The molecule has 102 valence electrons. The standard InChI is InChI=1S/C16H20O3/c1-11-8-12(6-7-15(11)18)4-2-3-5-13-9-14(17)10-16(13)19/h3,5-8,13,16,18-19H,2,4,9-10H2,1H3/b5-3+/t13-,16?/m1/s1. The molecular weight excluding hydrogens is 240 g/mol. The van der Waals surface area contributed by atoms with Gasteiger partial charge in [-0.15, -0.1) is 0 Å². The van der Waals surface area contributed by atoms with Crippen molar-refractivity contribution in [2.75, 3.05) is 0 Å². The number of aryl methyl sites for hydroxylation is 2. The summed E-state index contributed by atoms with van der Waals surface area (Å²) in [6.07, 6.45) is 6.04. The average Bonchev–Trinajstić information content (AvgIpc) is 2.68. The van der Waals surface area contributed by atoms with E-state index in [-0.39, 0.29) is 11.7 Å². The first-order chi connectivity index (χ1) is 9.06. The van der Waals surface area contributed by atoms with Crippen LogP contribution < -0.4 is 0 Å². The fraction of sp³-hybridized carbons (Fsp3) is 0.438. The predicted octanol–water partition coefficient (Wildman–Crippen LogP) is 2.53. The summed E-state index contributed by atoms with van der Waals surface area (Å²) in [5.74, 6) is 0.470. The van der Waals surface area contributed by atoms with Gasteiger partial charge in [0.1, 0.15) is 11.5 Å². The van der Waals surface area contributed by atoms with E-state index in [1.165, 1.54) is 5.56 Å². The average molecular weight is 260 g/mol. The number of Topliss-reactive ketones (excluding diaryl/α,β-unsaturated/α-hetero) is 1. The molecule has 1 fully saturated rings. The number of ketones is 1. The number of benzene rings is 1. The van der Waals surface area contributed by atoms with Gasteiger partial charge in [-0.2, -0.15) is 0 Å². The molecule has 19 heavy (non-hydrogen) atoms. The number of phenolic OH excluding ortho intramolecular Hbond substituents is 1. The summed E-state index contributed by atoms with van der Waals surface area (Å²) in [5.41, 5.74) is 2.07. The van der Waals surface area contributed by atoms with Crippen molar-refractivity contribution >= 4 is 5.78 Å². The van der Waals surface area contributed by atoms with Gasteiger partial charge >= 0.3 is 0 Å². The van der Waals surface area contributed by atoms with Crippen molar-refractivity contribution in [3.05, 3.63) is 41.5 Å². The SMILES string of the molecule is Cc1cc(CC/C=C/[C@@H]2CC(=O)CC2O)ccc1O. The van der Waals surface area contributed by atoms with E-state index in [0.717, 1.165) is 18.4 Å². The van der Waals surface area contributed by atoms with Gasteiger partial charge < -0.3 is 10.2 Å². The van der Waals surface area contributed by atoms with Crippen LogP contribution in [0.4, 0.5) is 0 Å². The zero-order valence-corrected chi connectivity index (χ0v) is 11.2. The first-order valence-electron chi connectivity index (χ1n) is 6.71. The van der Waals surface area contributed by atoms with Crippen molar-refractivity contribution in [3.63, 3.8) is 0 Å². The van der Waals surface area contributed by atoms with Crippen LogP contribution in [0.2, 0.25) is 0 Å². The van der Waals surface area contributed by atoms with E-state index in [0.29, 0.717) is 18.6 Å². The molecule has 2 rings (SSSR count). The normalized spacial score (nSPS) is 23.4. The molecule has 0 aliphatic heterocycles. The largest absolute Gasteiger partial charge is 0.508 e. The molecule has 3 heteroatoms. The molecule has 0 radical (unpaired) electrons. The van der Waals surface area contributed by atoms with E-state index in [1.54, 1.807) is 6.07 Å². The van der Waals surface area contributed by atoms with Crippen molar-refractivity contribution in [2.24, 2.45) is 5.92 Å². The molecule has 1 unspecified atom stereocenters. The maximum absolute atomic E-state index is 11.2. The first kappa shape index (κ1) is 13.8. The molecule has 0 heterocycles. The van der Waals surface area contributed by atoms with Crippen molar-refractivity contribution in [2.45, 2.75) is 38.7 Å². The van der Waals surface area contributed by atoms with Gasteiger partial charge in [0.25, 0.3) is 0 Å². The predicted molar refractivity (Wildman–Crippen MR) is 74.0 cm³/mol. The minimum Gasteiger partial charge on any atom is -0.508 e. The molecule has 2 atom stereocenters. The topological polar surface area (TPSA) is 57.5 Å². The first-order valence-corrected chi connectivity index (χ1v) is 6.71. The van der Waals surface area contributed by atoms with Crippen molar-refractivity contribution in [1.82, 2.24) is 0 Å². The van der Waals surface area contributed by atoms with E-state index in [4.69, 9.17) is 0 Å². The smallest absolute Gasteiger partial charge is 0.136 e. The lowest BCUT2D eigenvalue weighted by molar-refractivity contribution is -0.117. The van der Waals surface area contributed by atoms with Crippen LogP contribution in [-0.4, -0.2) is 22.1 Å². The number of phenols is 1. The highest BCUT2D eigenvalue weighted by molar-refractivity contribution is 5.81. The minimum atomic E-state index is -0.500. The maximum atomic E-state index is 11.2. The Bertz CT molecular complexity index is 491. The summed E-state index contributed by atoms with van der Waals surface area (Å²) >= 11 is 0. The Kier molecular flexibility index (Phi) is 4.38. The van der Waals surface area contributed by atoms with Crippen LogP contribution in [0.1, 0.15) is 30.4 Å². The molecule has 0 saturated heterocycles. The second kappa shape index (κ2) is 6.02. The molecule has 3 nitrogen and oxygen atoms in total. The zero-order valence-electron chi connectivity index (χ0n) is 11.2. The summed E-state index contributed by atoms with van der Waals surface area (Å²) < 4.78 is 0. The fourth-order valence-corrected chi connectivity index (χ4v) is 2.46. The number of rotatable bonds is 4. The second-order valence-electron chi connectivity index (χ2n) is 5.27. The molecule has 0 aromatic heterocycles. The number of hydrogen-bond donors (Lipinski definition) is 2. The number of aliphatic hydroxyl groups excluding tert-OH is 1. The molecular formula is C16H20O3. The Morgan fingerprint density at radius 1 is 1.37 bits per heavy atom. The Hall–Kier alpha value is -1.61. The lowest BCUT2D eigenvalue weighted by atomic mass is 10.0. The minimum absolute atomic E-state index is 0.00551.